The van der Waals surface area contributed by atoms with Gasteiger partial charge in [0.1, 0.15) is 11.6 Å². The number of halogens is 1. The number of hydrogen-bond acceptors (Lipinski definition) is 6. The highest BCUT2D eigenvalue weighted by Gasteiger charge is 2.46. The van der Waals surface area contributed by atoms with Gasteiger partial charge in [0, 0.05) is 24.5 Å². The highest BCUT2D eigenvalue weighted by Crippen LogP contribution is 2.42. The molecule has 7 nitrogen and oxygen atoms in total. The lowest BCUT2D eigenvalue weighted by Gasteiger charge is -2.25. The highest BCUT2D eigenvalue weighted by atomic mass is 19.1. The Bertz CT molecular complexity index is 1240. The molecule has 1 amide bonds. The third kappa shape index (κ3) is 3.35. The number of aliphatic hydroxyl groups is 1. The van der Waals surface area contributed by atoms with E-state index in [1.54, 1.807) is 42.7 Å². The number of Topliss-reactive ketones (excluding diaryl/α,β-unsaturated/α-hetero) is 1. The van der Waals surface area contributed by atoms with E-state index in [1.807, 2.05) is 0 Å². The summed E-state index contributed by atoms with van der Waals surface area (Å²) < 4.78 is 24.2. The van der Waals surface area contributed by atoms with E-state index >= 15 is 0 Å². The van der Waals surface area contributed by atoms with E-state index in [4.69, 9.17) is 9.47 Å². The second kappa shape index (κ2) is 7.81. The average Bonchev–Trinajstić information content (AvgIpc) is 3.38. The molecule has 160 valence electrons. The minimum Gasteiger partial charge on any atom is -0.507 e. The number of amides is 1. The van der Waals surface area contributed by atoms with Crippen LogP contribution in [0.15, 0.2) is 72.6 Å². The molecule has 32 heavy (non-hydrogen) atoms. The van der Waals surface area contributed by atoms with Gasteiger partial charge in [-0.15, -0.1) is 0 Å². The van der Waals surface area contributed by atoms with Gasteiger partial charge in [-0.25, -0.2) is 4.39 Å². The van der Waals surface area contributed by atoms with Crippen LogP contribution in [0.25, 0.3) is 5.76 Å². The summed E-state index contributed by atoms with van der Waals surface area (Å²) in [6.45, 7) is 0.156. The smallest absolute Gasteiger partial charge is 0.295 e. The molecule has 5 rings (SSSR count). The third-order valence-corrected chi connectivity index (χ3v) is 5.45. The molecule has 0 saturated carbocycles. The van der Waals surface area contributed by atoms with E-state index in [2.05, 4.69) is 4.98 Å². The topological polar surface area (TPSA) is 89.0 Å². The summed E-state index contributed by atoms with van der Waals surface area (Å²) >= 11 is 0. The first-order valence-corrected chi connectivity index (χ1v) is 9.86. The van der Waals surface area contributed by atoms with Gasteiger partial charge in [-0.2, -0.15) is 0 Å². The molecule has 2 aliphatic rings. The highest BCUT2D eigenvalue weighted by molar-refractivity contribution is 6.46. The van der Waals surface area contributed by atoms with Crippen LogP contribution in [0.2, 0.25) is 0 Å². The Labute approximate surface area is 182 Å². The Hall–Kier alpha value is -4.20. The van der Waals surface area contributed by atoms with E-state index in [1.165, 1.54) is 29.2 Å². The molecule has 1 unspecified atom stereocenters. The van der Waals surface area contributed by atoms with Crippen LogP contribution in [0, 0.1) is 5.82 Å². The zero-order chi connectivity index (χ0) is 22.2. The Balaban J connectivity index is 1.64. The van der Waals surface area contributed by atoms with E-state index in [-0.39, 0.29) is 24.7 Å². The van der Waals surface area contributed by atoms with Gasteiger partial charge in [-0.1, -0.05) is 18.2 Å². The van der Waals surface area contributed by atoms with E-state index in [0.29, 0.717) is 28.2 Å². The van der Waals surface area contributed by atoms with Gasteiger partial charge in [0.15, 0.2) is 11.5 Å². The number of benzene rings is 2. The summed E-state index contributed by atoms with van der Waals surface area (Å²) in [7, 11) is 0. The molecular weight excluding hydrogens is 415 g/mol. The van der Waals surface area contributed by atoms with Crippen molar-refractivity contribution < 1.29 is 28.6 Å². The normalized spacial score (nSPS) is 18.9. The van der Waals surface area contributed by atoms with Crippen molar-refractivity contribution in [1.29, 1.82) is 0 Å². The predicted molar refractivity (Wildman–Crippen MR) is 111 cm³/mol. The van der Waals surface area contributed by atoms with Crippen molar-refractivity contribution >= 4 is 17.4 Å². The van der Waals surface area contributed by atoms with Crippen LogP contribution in [-0.2, 0) is 16.1 Å². The fourth-order valence-corrected chi connectivity index (χ4v) is 3.92. The van der Waals surface area contributed by atoms with Crippen LogP contribution in [0.4, 0.5) is 4.39 Å². The number of ketones is 1. The summed E-state index contributed by atoms with van der Waals surface area (Å²) in [5.74, 6) is -1.42. The van der Waals surface area contributed by atoms with E-state index < -0.39 is 23.5 Å². The summed E-state index contributed by atoms with van der Waals surface area (Å²) in [5, 5.41) is 11.1. The number of likely N-dealkylation sites (tertiary alicyclic amines) is 1. The second-order valence-electron chi connectivity index (χ2n) is 7.41. The molecule has 2 aromatic carbocycles. The molecule has 3 aromatic rings. The molecular formula is C24H17FN2O5. The molecule has 2 aliphatic heterocycles. The predicted octanol–water partition coefficient (Wildman–Crippen LogP) is 3.57. The summed E-state index contributed by atoms with van der Waals surface area (Å²) in [5.41, 5.74) is 1.44. The van der Waals surface area contributed by atoms with Gasteiger partial charge in [-0.05, 0) is 47.5 Å². The standard InChI is InChI=1S/C24H17FN2O5/c25-17-6-3-15(4-7-17)21-20(22(28)16-5-8-18-19(10-16)32-13-31-18)23(29)24(30)27(21)12-14-2-1-9-26-11-14/h1-11,21,28H,12-13H2/b22-20-. The van der Waals surface area contributed by atoms with Crippen molar-refractivity contribution in [2.24, 2.45) is 0 Å². The van der Waals surface area contributed by atoms with Crippen LogP contribution >= 0.6 is 0 Å². The molecule has 1 saturated heterocycles. The lowest BCUT2D eigenvalue weighted by Crippen LogP contribution is -2.29. The maximum atomic E-state index is 13.6. The number of fused-ring (bicyclic) bond motifs is 1. The van der Waals surface area contributed by atoms with E-state index in [0.717, 1.165) is 0 Å². The molecule has 1 aromatic heterocycles. The van der Waals surface area contributed by atoms with Crippen molar-refractivity contribution in [1.82, 2.24) is 9.88 Å². The van der Waals surface area contributed by atoms with Crippen molar-refractivity contribution in [3.05, 3.63) is 95.1 Å². The second-order valence-corrected chi connectivity index (χ2v) is 7.41. The molecule has 1 N–H and O–H groups in total. The van der Waals surface area contributed by atoms with Crippen molar-refractivity contribution in [3.8, 4) is 11.5 Å². The number of aromatic nitrogens is 1. The van der Waals surface area contributed by atoms with Crippen molar-refractivity contribution in [2.45, 2.75) is 12.6 Å². The first-order valence-electron chi connectivity index (χ1n) is 9.86. The minimum atomic E-state index is -0.902. The lowest BCUT2D eigenvalue weighted by molar-refractivity contribution is -0.140. The maximum absolute atomic E-state index is 13.6. The summed E-state index contributed by atoms with van der Waals surface area (Å²) in [6.07, 6.45) is 3.20. The number of pyridine rings is 1. The van der Waals surface area contributed by atoms with Crippen LogP contribution in [0.1, 0.15) is 22.7 Å². The Morgan fingerprint density at radius 1 is 1.09 bits per heavy atom. The first kappa shape index (κ1) is 19.7. The van der Waals surface area contributed by atoms with Crippen molar-refractivity contribution in [2.75, 3.05) is 6.79 Å². The van der Waals surface area contributed by atoms with Gasteiger partial charge in [0.2, 0.25) is 6.79 Å². The molecule has 0 radical (unpaired) electrons. The molecule has 8 heteroatoms. The van der Waals surface area contributed by atoms with Gasteiger partial charge in [0.05, 0.1) is 11.6 Å². The molecule has 0 bridgehead atoms. The molecule has 0 spiro atoms. The van der Waals surface area contributed by atoms with Crippen LogP contribution in [0.3, 0.4) is 0 Å². The minimum absolute atomic E-state index is 0.0601. The van der Waals surface area contributed by atoms with Crippen LogP contribution < -0.4 is 9.47 Å². The SMILES string of the molecule is O=C1C(=O)N(Cc2cccnc2)C(c2ccc(F)cc2)/C1=C(/O)c1ccc2c(c1)OCO2. The van der Waals surface area contributed by atoms with Crippen LogP contribution in [0.5, 0.6) is 11.5 Å². The van der Waals surface area contributed by atoms with E-state index in [9.17, 15) is 19.1 Å². The number of ether oxygens (including phenoxy) is 2. The molecule has 0 aliphatic carbocycles. The number of hydrogen-bond donors (Lipinski definition) is 1. The first-order chi connectivity index (χ1) is 15.5. The zero-order valence-corrected chi connectivity index (χ0v) is 16.7. The Morgan fingerprint density at radius 2 is 1.88 bits per heavy atom. The summed E-state index contributed by atoms with van der Waals surface area (Å²) in [4.78, 5) is 31.4. The third-order valence-electron chi connectivity index (χ3n) is 5.45. The van der Waals surface area contributed by atoms with Crippen LogP contribution in [-0.4, -0.2) is 33.5 Å². The number of rotatable bonds is 4. The Morgan fingerprint density at radius 3 is 2.62 bits per heavy atom. The Kier molecular flexibility index (Phi) is 4.82. The average molecular weight is 432 g/mol. The quantitative estimate of drug-likeness (QED) is 0.385. The zero-order valence-electron chi connectivity index (χ0n) is 16.7. The maximum Gasteiger partial charge on any atom is 0.295 e. The molecule has 1 fully saturated rings. The lowest BCUT2D eigenvalue weighted by atomic mass is 9.95. The number of aliphatic hydroxyl groups excluding tert-OH is 1. The molecule has 1 atom stereocenters. The fourth-order valence-electron chi connectivity index (χ4n) is 3.92. The fraction of sp³-hybridized carbons (Fsp3) is 0.125. The number of carbonyl (C=O) groups is 2. The van der Waals surface area contributed by atoms with Gasteiger partial charge >= 0.3 is 0 Å². The largest absolute Gasteiger partial charge is 0.507 e. The van der Waals surface area contributed by atoms with Crippen molar-refractivity contribution in [3.63, 3.8) is 0 Å². The molecule has 3 heterocycles. The monoisotopic (exact) mass is 432 g/mol. The summed E-state index contributed by atoms with van der Waals surface area (Å²) in [6, 6.07) is 12.9. The van der Waals surface area contributed by atoms with Gasteiger partial charge in [0.25, 0.3) is 11.7 Å². The van der Waals surface area contributed by atoms with Gasteiger partial charge < -0.3 is 19.5 Å². The number of nitrogens with zero attached hydrogens (tertiary/aromatic N) is 2. The van der Waals surface area contributed by atoms with Gasteiger partial charge in [-0.3, -0.25) is 14.6 Å². The number of carbonyl (C=O) groups excluding carboxylic acids is 2.